The first kappa shape index (κ1) is 18.5. The Balaban J connectivity index is 1.38. The van der Waals surface area contributed by atoms with Crippen molar-refractivity contribution >= 4 is 17.7 Å². The maximum absolute atomic E-state index is 12.5. The van der Waals surface area contributed by atoms with Crippen LogP contribution in [0.3, 0.4) is 0 Å². The minimum absolute atomic E-state index is 0.0901. The topological polar surface area (TPSA) is 59.8 Å². The van der Waals surface area contributed by atoms with Crippen LogP contribution in [0.4, 0.5) is 0 Å². The second-order valence-electron chi connectivity index (χ2n) is 8.14. The van der Waals surface area contributed by atoms with Crippen LogP contribution in [0.1, 0.15) is 44.0 Å². The van der Waals surface area contributed by atoms with Crippen LogP contribution in [0, 0.1) is 31.6 Å². The number of rotatable bonds is 6. The van der Waals surface area contributed by atoms with Crippen molar-refractivity contribution in [3.63, 3.8) is 0 Å². The molecule has 2 aromatic rings. The molecule has 4 atom stereocenters. The van der Waals surface area contributed by atoms with Gasteiger partial charge in [-0.05, 0) is 69.4 Å². The number of hydrogen-bond donors (Lipinski definition) is 1. The Bertz CT molecular complexity index is 833. The first-order valence-corrected chi connectivity index (χ1v) is 10.9. The van der Waals surface area contributed by atoms with Gasteiger partial charge in [0, 0.05) is 6.04 Å². The van der Waals surface area contributed by atoms with Crippen LogP contribution >= 0.6 is 11.8 Å². The fourth-order valence-electron chi connectivity index (χ4n) is 4.97. The van der Waals surface area contributed by atoms with E-state index in [9.17, 15) is 4.79 Å². The number of thioether (sulfide) groups is 1. The third-order valence-corrected chi connectivity index (χ3v) is 7.24. The lowest BCUT2D eigenvalue weighted by Gasteiger charge is -2.28. The van der Waals surface area contributed by atoms with Crippen LogP contribution in [0.25, 0.3) is 5.69 Å². The molecule has 0 radical (unpaired) electrons. The Hall–Kier alpha value is -1.82. The van der Waals surface area contributed by atoms with Gasteiger partial charge in [-0.15, -0.1) is 10.2 Å². The summed E-state index contributed by atoms with van der Waals surface area (Å²) >= 11 is 1.46. The first-order chi connectivity index (χ1) is 13.0. The van der Waals surface area contributed by atoms with Crippen molar-refractivity contribution in [2.24, 2.45) is 17.8 Å². The van der Waals surface area contributed by atoms with Gasteiger partial charge in [0.15, 0.2) is 5.16 Å². The fraction of sp³-hybridized carbons (Fsp3) is 0.571. The molecule has 1 amide bonds. The van der Waals surface area contributed by atoms with Crippen LogP contribution in [0.2, 0.25) is 0 Å². The van der Waals surface area contributed by atoms with Crippen LogP contribution in [0.5, 0.6) is 0 Å². The SMILES string of the molecule is Cc1ccccc1-n1c(C)nnc1SCC(=O)NC(C)C1CC2CCC1C2. The van der Waals surface area contributed by atoms with Crippen molar-refractivity contribution in [3.8, 4) is 5.69 Å². The number of fused-ring (bicyclic) bond motifs is 2. The molecule has 27 heavy (non-hydrogen) atoms. The second kappa shape index (κ2) is 7.66. The van der Waals surface area contributed by atoms with Gasteiger partial charge in [-0.25, -0.2) is 0 Å². The molecule has 1 aromatic carbocycles. The summed E-state index contributed by atoms with van der Waals surface area (Å²) in [5.41, 5.74) is 2.23. The van der Waals surface area contributed by atoms with Gasteiger partial charge in [-0.3, -0.25) is 9.36 Å². The number of aromatic nitrogens is 3. The molecule has 4 rings (SSSR count). The Labute approximate surface area is 165 Å². The third kappa shape index (κ3) is 3.77. The van der Waals surface area contributed by atoms with E-state index in [0.29, 0.717) is 11.7 Å². The van der Waals surface area contributed by atoms with Gasteiger partial charge in [0.2, 0.25) is 5.91 Å². The van der Waals surface area contributed by atoms with Crippen molar-refractivity contribution in [2.75, 3.05) is 5.75 Å². The zero-order valence-corrected chi connectivity index (χ0v) is 17.1. The smallest absolute Gasteiger partial charge is 0.230 e. The molecule has 2 saturated carbocycles. The highest BCUT2D eigenvalue weighted by atomic mass is 32.2. The van der Waals surface area contributed by atoms with Gasteiger partial charge in [-0.1, -0.05) is 36.4 Å². The number of nitrogens with zero attached hydrogens (tertiary/aromatic N) is 3. The number of carbonyl (C=O) groups is 1. The van der Waals surface area contributed by atoms with E-state index in [-0.39, 0.29) is 11.9 Å². The average molecular weight is 385 g/mol. The molecule has 1 heterocycles. The van der Waals surface area contributed by atoms with Gasteiger partial charge in [0.05, 0.1) is 11.4 Å². The van der Waals surface area contributed by atoms with Crippen molar-refractivity contribution < 1.29 is 4.79 Å². The third-order valence-electron chi connectivity index (χ3n) is 6.31. The van der Waals surface area contributed by atoms with Gasteiger partial charge in [-0.2, -0.15) is 0 Å². The molecule has 6 heteroatoms. The van der Waals surface area contributed by atoms with Crippen LogP contribution < -0.4 is 5.32 Å². The Morgan fingerprint density at radius 2 is 2.07 bits per heavy atom. The summed E-state index contributed by atoms with van der Waals surface area (Å²) in [6, 6.07) is 8.44. The van der Waals surface area contributed by atoms with E-state index < -0.39 is 0 Å². The number of benzene rings is 1. The number of amides is 1. The molecule has 0 saturated heterocycles. The van der Waals surface area contributed by atoms with Crippen LogP contribution in [0.15, 0.2) is 29.4 Å². The molecule has 4 unspecified atom stereocenters. The largest absolute Gasteiger partial charge is 0.353 e. The summed E-state index contributed by atoms with van der Waals surface area (Å²) in [7, 11) is 0. The highest BCUT2D eigenvalue weighted by Crippen LogP contribution is 2.49. The highest BCUT2D eigenvalue weighted by Gasteiger charge is 2.42. The quantitative estimate of drug-likeness (QED) is 0.767. The molecule has 2 aliphatic carbocycles. The van der Waals surface area contributed by atoms with Gasteiger partial charge < -0.3 is 5.32 Å². The zero-order valence-electron chi connectivity index (χ0n) is 16.3. The number of nitrogens with one attached hydrogen (secondary N) is 1. The molecule has 144 valence electrons. The van der Waals surface area contributed by atoms with E-state index in [4.69, 9.17) is 0 Å². The molecule has 2 aliphatic rings. The van der Waals surface area contributed by atoms with E-state index in [1.165, 1.54) is 37.4 Å². The fourth-order valence-corrected chi connectivity index (χ4v) is 5.77. The molecular weight excluding hydrogens is 356 g/mol. The monoisotopic (exact) mass is 384 g/mol. The molecule has 1 N–H and O–H groups in total. The minimum Gasteiger partial charge on any atom is -0.353 e. The standard InChI is InChI=1S/C21H28N4OS/c1-13-6-4-5-7-19(13)25-15(3)23-24-21(25)27-12-20(26)22-14(2)18-11-16-8-9-17(18)10-16/h4-7,14,16-18H,8-12H2,1-3H3,(H,22,26). The molecule has 1 aromatic heterocycles. The zero-order chi connectivity index (χ0) is 19.0. The van der Waals surface area contributed by atoms with Crippen LogP contribution in [-0.2, 0) is 4.79 Å². The Morgan fingerprint density at radius 3 is 2.78 bits per heavy atom. The Morgan fingerprint density at radius 1 is 1.26 bits per heavy atom. The predicted molar refractivity (Wildman–Crippen MR) is 108 cm³/mol. The highest BCUT2D eigenvalue weighted by molar-refractivity contribution is 7.99. The summed E-state index contributed by atoms with van der Waals surface area (Å²) in [5.74, 6) is 3.69. The summed E-state index contributed by atoms with van der Waals surface area (Å²) in [6.45, 7) is 6.20. The summed E-state index contributed by atoms with van der Waals surface area (Å²) in [6.07, 6.45) is 5.41. The van der Waals surface area contributed by atoms with Crippen LogP contribution in [-0.4, -0.2) is 32.5 Å². The lowest BCUT2D eigenvalue weighted by Crippen LogP contribution is -2.40. The van der Waals surface area contributed by atoms with E-state index >= 15 is 0 Å². The molecule has 0 aliphatic heterocycles. The molecule has 2 bridgehead atoms. The summed E-state index contributed by atoms with van der Waals surface area (Å²) in [4.78, 5) is 12.5. The van der Waals surface area contributed by atoms with E-state index in [2.05, 4.69) is 41.5 Å². The summed E-state index contributed by atoms with van der Waals surface area (Å²) < 4.78 is 2.03. The number of carbonyl (C=O) groups excluding carboxylic acids is 1. The lowest BCUT2D eigenvalue weighted by molar-refractivity contribution is -0.119. The number of hydrogen-bond acceptors (Lipinski definition) is 4. The van der Waals surface area contributed by atoms with Gasteiger partial charge in [0.25, 0.3) is 0 Å². The van der Waals surface area contributed by atoms with Gasteiger partial charge >= 0.3 is 0 Å². The first-order valence-electron chi connectivity index (χ1n) is 9.93. The molecular formula is C21H28N4OS. The van der Waals surface area contributed by atoms with Crippen molar-refractivity contribution in [2.45, 2.75) is 57.7 Å². The maximum Gasteiger partial charge on any atom is 0.230 e. The van der Waals surface area contributed by atoms with Gasteiger partial charge in [0.1, 0.15) is 5.82 Å². The van der Waals surface area contributed by atoms with E-state index in [0.717, 1.165) is 34.1 Å². The molecule has 5 nitrogen and oxygen atoms in total. The van der Waals surface area contributed by atoms with Crippen molar-refractivity contribution in [3.05, 3.63) is 35.7 Å². The Kier molecular flexibility index (Phi) is 5.26. The number of para-hydroxylation sites is 1. The molecule has 0 spiro atoms. The lowest BCUT2D eigenvalue weighted by atomic mass is 9.84. The average Bonchev–Trinajstić information content (AvgIpc) is 3.36. The maximum atomic E-state index is 12.5. The second-order valence-corrected chi connectivity index (χ2v) is 9.08. The van der Waals surface area contributed by atoms with Crippen molar-refractivity contribution in [1.29, 1.82) is 0 Å². The van der Waals surface area contributed by atoms with E-state index in [1.54, 1.807) is 0 Å². The summed E-state index contributed by atoms with van der Waals surface area (Å²) in [5, 5.41) is 12.5. The molecule has 2 fully saturated rings. The van der Waals surface area contributed by atoms with Crippen molar-refractivity contribution in [1.82, 2.24) is 20.1 Å². The normalized spacial score (nSPS) is 24.9. The van der Waals surface area contributed by atoms with E-state index in [1.807, 2.05) is 23.6 Å². The predicted octanol–water partition coefficient (Wildman–Crippen LogP) is 3.92. The number of aryl methyl sites for hydroxylation is 2. The minimum atomic E-state index is 0.0901.